The molecular formula is C21H22BrN3O3. The topological polar surface area (TPSA) is 71.0 Å². The van der Waals surface area contributed by atoms with Gasteiger partial charge in [-0.15, -0.1) is 0 Å². The Kier molecular flexibility index (Phi) is 6.46. The summed E-state index contributed by atoms with van der Waals surface area (Å²) in [5.41, 5.74) is 3.40. The summed E-state index contributed by atoms with van der Waals surface area (Å²) in [6.45, 7) is 2.85. The fourth-order valence-electron chi connectivity index (χ4n) is 3.01. The molecule has 7 heteroatoms. The number of ether oxygens (including phenoxy) is 1. The molecule has 2 aromatic carbocycles. The molecule has 0 aromatic heterocycles. The first kappa shape index (κ1) is 20.1. The number of nitrogens with one attached hydrogen (secondary N) is 1. The average molecular weight is 444 g/mol. The third-order valence-corrected chi connectivity index (χ3v) is 5.05. The number of halogens is 1. The van der Waals surface area contributed by atoms with E-state index in [-0.39, 0.29) is 18.3 Å². The number of hydrogen-bond donors (Lipinski definition) is 1. The zero-order valence-electron chi connectivity index (χ0n) is 15.8. The molecule has 3 rings (SSSR count). The highest BCUT2D eigenvalue weighted by Crippen LogP contribution is 2.23. The van der Waals surface area contributed by atoms with Crippen molar-refractivity contribution in [1.29, 1.82) is 0 Å². The second kappa shape index (κ2) is 9.01. The van der Waals surface area contributed by atoms with Crippen molar-refractivity contribution in [2.45, 2.75) is 25.8 Å². The van der Waals surface area contributed by atoms with E-state index in [1.165, 1.54) is 7.11 Å². The number of carbonyl (C=O) groups is 2. The van der Waals surface area contributed by atoms with E-state index >= 15 is 0 Å². The number of nitrogens with zero attached hydrogens (tertiary/aromatic N) is 2. The van der Waals surface area contributed by atoms with Gasteiger partial charge in [-0.3, -0.25) is 14.6 Å². The third kappa shape index (κ3) is 4.98. The lowest BCUT2D eigenvalue weighted by molar-refractivity contribution is -0.141. The van der Waals surface area contributed by atoms with Crippen molar-refractivity contribution in [2.75, 3.05) is 18.7 Å². The first-order valence-corrected chi connectivity index (χ1v) is 9.80. The third-order valence-electron chi connectivity index (χ3n) is 4.56. The lowest BCUT2D eigenvalue weighted by Crippen LogP contribution is -2.30. The summed E-state index contributed by atoms with van der Waals surface area (Å²) in [5, 5.41) is 9.33. The number of carbonyl (C=O) groups excluding carboxylic acids is 2. The van der Waals surface area contributed by atoms with Gasteiger partial charge in [-0.1, -0.05) is 28.1 Å². The van der Waals surface area contributed by atoms with Crippen LogP contribution < -0.4 is 10.3 Å². The van der Waals surface area contributed by atoms with Crippen LogP contribution in [0.4, 0.5) is 5.69 Å². The maximum Gasteiger partial charge on any atom is 0.307 e. The summed E-state index contributed by atoms with van der Waals surface area (Å²) in [4.78, 5) is 24.6. The van der Waals surface area contributed by atoms with E-state index in [0.29, 0.717) is 5.56 Å². The molecule has 1 N–H and O–H groups in total. The van der Waals surface area contributed by atoms with Crippen LogP contribution >= 0.6 is 15.9 Å². The fraction of sp³-hybridized carbons (Fsp3) is 0.286. The van der Waals surface area contributed by atoms with Crippen LogP contribution in [-0.2, 0) is 9.53 Å². The van der Waals surface area contributed by atoms with Crippen LogP contribution in [-0.4, -0.2) is 31.2 Å². The number of methoxy groups -OCH3 is 1. The summed E-state index contributed by atoms with van der Waals surface area (Å²) < 4.78 is 5.66. The molecule has 1 aliphatic rings. The van der Waals surface area contributed by atoms with Gasteiger partial charge < -0.3 is 10.1 Å². The summed E-state index contributed by atoms with van der Waals surface area (Å²) in [7, 11) is 1.34. The van der Waals surface area contributed by atoms with E-state index in [1.54, 1.807) is 12.1 Å². The second-order valence-corrected chi connectivity index (χ2v) is 7.53. The number of hydrazone groups is 1. The minimum atomic E-state index is -0.483. The van der Waals surface area contributed by atoms with Gasteiger partial charge >= 0.3 is 5.97 Å². The molecule has 1 aliphatic heterocycles. The lowest BCUT2D eigenvalue weighted by atomic mass is 10.0. The molecule has 28 heavy (non-hydrogen) atoms. The van der Waals surface area contributed by atoms with Gasteiger partial charge in [0.15, 0.2) is 0 Å². The maximum atomic E-state index is 12.8. The molecule has 6 nitrogen and oxygen atoms in total. The van der Waals surface area contributed by atoms with Gasteiger partial charge in [0.25, 0.3) is 5.91 Å². The Morgan fingerprint density at radius 1 is 1.25 bits per heavy atom. The molecule has 1 atom stereocenters. The number of anilines is 1. The van der Waals surface area contributed by atoms with Crippen molar-refractivity contribution in [1.82, 2.24) is 5.32 Å². The summed E-state index contributed by atoms with van der Waals surface area (Å²) in [5.74, 6) is -0.635. The van der Waals surface area contributed by atoms with Crippen molar-refractivity contribution in [3.8, 4) is 0 Å². The van der Waals surface area contributed by atoms with Gasteiger partial charge in [0.1, 0.15) is 0 Å². The van der Waals surface area contributed by atoms with Gasteiger partial charge in [-0.25, -0.2) is 0 Å². The van der Waals surface area contributed by atoms with Crippen molar-refractivity contribution in [3.63, 3.8) is 0 Å². The fourth-order valence-corrected chi connectivity index (χ4v) is 3.43. The number of benzene rings is 2. The van der Waals surface area contributed by atoms with Gasteiger partial charge in [-0.2, -0.15) is 5.10 Å². The highest BCUT2D eigenvalue weighted by atomic mass is 79.9. The van der Waals surface area contributed by atoms with Crippen LogP contribution in [0.5, 0.6) is 0 Å². The molecule has 0 saturated carbocycles. The minimum Gasteiger partial charge on any atom is -0.469 e. The van der Waals surface area contributed by atoms with Gasteiger partial charge in [-0.05, 0) is 48.9 Å². The van der Waals surface area contributed by atoms with Gasteiger partial charge in [0.2, 0.25) is 0 Å². The van der Waals surface area contributed by atoms with Crippen LogP contribution in [0.2, 0.25) is 0 Å². The van der Waals surface area contributed by atoms with E-state index in [4.69, 9.17) is 4.74 Å². The molecule has 0 bridgehead atoms. The summed E-state index contributed by atoms with van der Waals surface area (Å²) in [6, 6.07) is 14.3. The molecule has 0 spiro atoms. The Balaban J connectivity index is 1.75. The van der Waals surface area contributed by atoms with Crippen molar-refractivity contribution in [2.24, 2.45) is 5.10 Å². The van der Waals surface area contributed by atoms with Gasteiger partial charge in [0, 0.05) is 28.7 Å². The van der Waals surface area contributed by atoms with Crippen molar-refractivity contribution < 1.29 is 14.3 Å². The van der Waals surface area contributed by atoms with E-state index in [0.717, 1.165) is 34.4 Å². The normalized spacial score (nSPS) is 14.4. The minimum absolute atomic E-state index is 0.0541. The van der Waals surface area contributed by atoms with Crippen molar-refractivity contribution in [3.05, 3.63) is 64.1 Å². The summed E-state index contributed by atoms with van der Waals surface area (Å²) in [6.07, 6.45) is 1.00. The molecule has 0 radical (unpaired) electrons. The van der Waals surface area contributed by atoms with Crippen LogP contribution in [0, 0.1) is 0 Å². The van der Waals surface area contributed by atoms with Crippen LogP contribution in [0.25, 0.3) is 0 Å². The smallest absolute Gasteiger partial charge is 0.307 e. The quantitative estimate of drug-likeness (QED) is 0.682. The Morgan fingerprint density at radius 3 is 2.61 bits per heavy atom. The van der Waals surface area contributed by atoms with Gasteiger partial charge in [0.05, 0.1) is 25.3 Å². The largest absolute Gasteiger partial charge is 0.469 e. The molecule has 1 heterocycles. The maximum absolute atomic E-state index is 12.8. The predicted octanol–water partition coefficient (Wildman–Crippen LogP) is 4.07. The van der Waals surface area contributed by atoms with E-state index < -0.39 is 6.04 Å². The van der Waals surface area contributed by atoms with E-state index in [2.05, 4.69) is 26.3 Å². The second-order valence-electron chi connectivity index (χ2n) is 6.62. The number of hydrogen-bond acceptors (Lipinski definition) is 5. The zero-order chi connectivity index (χ0) is 20.1. The highest BCUT2D eigenvalue weighted by molar-refractivity contribution is 9.10. The number of esters is 1. The van der Waals surface area contributed by atoms with Crippen molar-refractivity contribution >= 4 is 39.2 Å². The Hall–Kier alpha value is -2.67. The molecule has 0 aliphatic carbocycles. The molecular weight excluding hydrogens is 422 g/mol. The average Bonchev–Trinajstić information content (AvgIpc) is 3.13. The first-order chi connectivity index (χ1) is 13.5. The summed E-state index contributed by atoms with van der Waals surface area (Å²) >= 11 is 3.43. The first-order valence-electron chi connectivity index (χ1n) is 9.01. The molecule has 146 valence electrons. The molecule has 0 fully saturated rings. The molecule has 2 aromatic rings. The molecule has 1 unspecified atom stereocenters. The lowest BCUT2D eigenvalue weighted by Gasteiger charge is -2.19. The Morgan fingerprint density at radius 2 is 2.00 bits per heavy atom. The van der Waals surface area contributed by atoms with Crippen LogP contribution in [0.15, 0.2) is 58.1 Å². The standard InChI is InChI=1S/C21H22BrN3O3/c1-14-10-11-25(24-14)18-8-6-15(7-9-18)21(27)23-19(13-20(26)28-2)16-4-3-5-17(22)12-16/h3-9,12,19H,10-11,13H2,1-2H3,(H,23,27). The monoisotopic (exact) mass is 443 g/mol. The predicted molar refractivity (Wildman–Crippen MR) is 112 cm³/mol. The Bertz CT molecular complexity index is 896. The van der Waals surface area contributed by atoms with E-state index in [1.807, 2.05) is 48.3 Å². The van der Waals surface area contributed by atoms with Crippen LogP contribution in [0.1, 0.15) is 41.7 Å². The number of amides is 1. The highest BCUT2D eigenvalue weighted by Gasteiger charge is 2.20. The van der Waals surface area contributed by atoms with Crippen LogP contribution in [0.3, 0.4) is 0 Å². The molecule has 0 saturated heterocycles. The zero-order valence-corrected chi connectivity index (χ0v) is 17.4. The molecule has 1 amide bonds. The Labute approximate surface area is 172 Å². The SMILES string of the molecule is COC(=O)CC(NC(=O)c1ccc(N2CCC(C)=N2)cc1)c1cccc(Br)c1. The number of rotatable bonds is 6. The van der Waals surface area contributed by atoms with E-state index in [9.17, 15) is 9.59 Å².